The van der Waals surface area contributed by atoms with Crippen LogP contribution in [-0.4, -0.2) is 62.8 Å². The number of amides is 1. The van der Waals surface area contributed by atoms with Gasteiger partial charge in [0.1, 0.15) is 17.5 Å². The summed E-state index contributed by atoms with van der Waals surface area (Å²) in [5.74, 6) is 1.73. The Kier molecular flexibility index (Phi) is 6.55. The number of likely N-dealkylation sites (tertiary alicyclic amines) is 1. The van der Waals surface area contributed by atoms with E-state index >= 15 is 0 Å². The van der Waals surface area contributed by atoms with E-state index in [1.165, 1.54) is 0 Å². The third-order valence-corrected chi connectivity index (χ3v) is 6.10. The Bertz CT molecular complexity index is 852. The van der Waals surface area contributed by atoms with Gasteiger partial charge in [0, 0.05) is 30.8 Å². The number of rotatable bonds is 6. The van der Waals surface area contributed by atoms with Gasteiger partial charge in [0.05, 0.1) is 27.4 Å². The quantitative estimate of drug-likeness (QED) is 0.730. The first-order valence-electron chi connectivity index (χ1n) is 10.6. The van der Waals surface area contributed by atoms with Gasteiger partial charge in [-0.05, 0) is 31.0 Å². The highest BCUT2D eigenvalue weighted by molar-refractivity contribution is 5.83. The maximum Gasteiger partial charge on any atom is 0.244 e. The van der Waals surface area contributed by atoms with Crippen molar-refractivity contribution in [2.45, 2.75) is 24.9 Å². The SMILES string of the molecule is COc1ccc(C2CCCN2C(C(=O)N2CCOCC2)c2ccccc2)c(OC)c1. The largest absolute Gasteiger partial charge is 0.497 e. The van der Waals surface area contributed by atoms with Crippen LogP contribution in [0.3, 0.4) is 0 Å². The zero-order valence-corrected chi connectivity index (χ0v) is 17.8. The highest BCUT2D eigenvalue weighted by Crippen LogP contribution is 2.43. The Hall–Kier alpha value is -2.57. The van der Waals surface area contributed by atoms with E-state index in [-0.39, 0.29) is 18.0 Å². The van der Waals surface area contributed by atoms with E-state index in [2.05, 4.69) is 23.1 Å². The van der Waals surface area contributed by atoms with Crippen molar-refractivity contribution in [2.24, 2.45) is 0 Å². The van der Waals surface area contributed by atoms with Crippen molar-refractivity contribution in [2.75, 3.05) is 47.1 Å². The third-order valence-electron chi connectivity index (χ3n) is 6.10. The summed E-state index contributed by atoms with van der Waals surface area (Å²) < 4.78 is 16.5. The maximum absolute atomic E-state index is 13.7. The van der Waals surface area contributed by atoms with E-state index in [1.807, 2.05) is 35.2 Å². The summed E-state index contributed by atoms with van der Waals surface area (Å²) >= 11 is 0. The molecule has 2 heterocycles. The minimum atomic E-state index is -0.316. The van der Waals surface area contributed by atoms with Crippen LogP contribution in [0.5, 0.6) is 11.5 Å². The van der Waals surface area contributed by atoms with Crippen molar-refractivity contribution in [3.63, 3.8) is 0 Å². The molecule has 160 valence electrons. The van der Waals surface area contributed by atoms with E-state index in [0.717, 1.165) is 42.0 Å². The van der Waals surface area contributed by atoms with E-state index in [0.29, 0.717) is 26.3 Å². The van der Waals surface area contributed by atoms with Crippen molar-refractivity contribution in [1.29, 1.82) is 0 Å². The van der Waals surface area contributed by atoms with Gasteiger partial charge in [0.15, 0.2) is 0 Å². The summed E-state index contributed by atoms with van der Waals surface area (Å²) in [6.07, 6.45) is 2.03. The highest BCUT2D eigenvalue weighted by atomic mass is 16.5. The summed E-state index contributed by atoms with van der Waals surface area (Å²) in [5.41, 5.74) is 2.14. The van der Waals surface area contributed by atoms with E-state index < -0.39 is 0 Å². The van der Waals surface area contributed by atoms with Crippen LogP contribution in [0.2, 0.25) is 0 Å². The molecule has 0 aromatic heterocycles. The molecule has 2 saturated heterocycles. The second kappa shape index (κ2) is 9.49. The monoisotopic (exact) mass is 410 g/mol. The molecule has 6 heteroatoms. The molecule has 30 heavy (non-hydrogen) atoms. The molecule has 0 radical (unpaired) electrons. The Morgan fingerprint density at radius 3 is 2.50 bits per heavy atom. The summed E-state index contributed by atoms with van der Waals surface area (Å²) in [7, 11) is 3.34. The fraction of sp³-hybridized carbons (Fsp3) is 0.458. The Labute approximate surface area is 178 Å². The molecule has 4 rings (SSSR count). The average Bonchev–Trinajstić information content (AvgIpc) is 3.29. The first-order chi connectivity index (χ1) is 14.7. The number of nitrogens with zero attached hydrogens (tertiary/aromatic N) is 2. The first-order valence-corrected chi connectivity index (χ1v) is 10.6. The Morgan fingerprint density at radius 2 is 1.80 bits per heavy atom. The second-order valence-electron chi connectivity index (χ2n) is 7.75. The molecule has 0 spiro atoms. The minimum absolute atomic E-state index is 0.112. The molecule has 2 unspecified atom stereocenters. The lowest BCUT2D eigenvalue weighted by atomic mass is 9.98. The van der Waals surface area contributed by atoms with Crippen LogP contribution in [-0.2, 0) is 9.53 Å². The predicted octanol–water partition coefficient (Wildman–Crippen LogP) is 3.44. The molecular formula is C24H30N2O4. The van der Waals surface area contributed by atoms with Crippen molar-refractivity contribution in [3.05, 3.63) is 59.7 Å². The molecular weight excluding hydrogens is 380 g/mol. The lowest BCUT2D eigenvalue weighted by Crippen LogP contribution is -2.47. The van der Waals surface area contributed by atoms with Crippen molar-refractivity contribution < 1.29 is 19.0 Å². The topological polar surface area (TPSA) is 51.2 Å². The number of carbonyl (C=O) groups is 1. The van der Waals surface area contributed by atoms with Crippen LogP contribution in [0.1, 0.15) is 36.1 Å². The zero-order chi connectivity index (χ0) is 20.9. The highest BCUT2D eigenvalue weighted by Gasteiger charge is 2.39. The molecule has 2 fully saturated rings. The fourth-order valence-electron chi connectivity index (χ4n) is 4.59. The number of carbonyl (C=O) groups excluding carboxylic acids is 1. The van der Waals surface area contributed by atoms with Gasteiger partial charge in [-0.1, -0.05) is 36.4 Å². The average molecular weight is 411 g/mol. The number of methoxy groups -OCH3 is 2. The number of morpholine rings is 1. The standard InChI is InChI=1S/C24H30N2O4/c1-28-19-10-11-20(22(17-19)29-2)21-9-6-12-26(21)23(18-7-4-3-5-8-18)24(27)25-13-15-30-16-14-25/h3-5,7-8,10-11,17,21,23H,6,9,12-16H2,1-2H3. The molecule has 0 aliphatic carbocycles. The van der Waals surface area contributed by atoms with Crippen molar-refractivity contribution in [1.82, 2.24) is 9.80 Å². The Morgan fingerprint density at radius 1 is 1.03 bits per heavy atom. The molecule has 2 aromatic carbocycles. The van der Waals surface area contributed by atoms with Crippen LogP contribution in [0.15, 0.2) is 48.5 Å². The van der Waals surface area contributed by atoms with Gasteiger partial charge in [0.25, 0.3) is 0 Å². The lowest BCUT2D eigenvalue weighted by molar-refractivity contribution is -0.142. The number of benzene rings is 2. The molecule has 2 aliphatic heterocycles. The van der Waals surface area contributed by atoms with Gasteiger partial charge >= 0.3 is 0 Å². The first kappa shape index (κ1) is 20.7. The fourth-order valence-corrected chi connectivity index (χ4v) is 4.59. The van der Waals surface area contributed by atoms with Gasteiger partial charge in [-0.15, -0.1) is 0 Å². The molecule has 0 saturated carbocycles. The number of hydrogen-bond donors (Lipinski definition) is 0. The summed E-state index contributed by atoms with van der Waals surface area (Å²) in [6, 6.07) is 15.9. The van der Waals surface area contributed by atoms with Crippen LogP contribution >= 0.6 is 0 Å². The van der Waals surface area contributed by atoms with E-state index in [4.69, 9.17) is 14.2 Å². The molecule has 2 aromatic rings. The van der Waals surface area contributed by atoms with Crippen molar-refractivity contribution in [3.8, 4) is 11.5 Å². The van der Waals surface area contributed by atoms with Crippen LogP contribution in [0.4, 0.5) is 0 Å². The summed E-state index contributed by atoms with van der Waals surface area (Å²) in [5, 5.41) is 0. The number of hydrogen-bond acceptors (Lipinski definition) is 5. The van der Waals surface area contributed by atoms with Gasteiger partial charge < -0.3 is 19.1 Å². The van der Waals surface area contributed by atoms with E-state index in [9.17, 15) is 4.79 Å². The van der Waals surface area contributed by atoms with Gasteiger partial charge in [-0.3, -0.25) is 9.69 Å². The molecule has 6 nitrogen and oxygen atoms in total. The van der Waals surface area contributed by atoms with Crippen molar-refractivity contribution >= 4 is 5.91 Å². The third kappa shape index (κ3) is 4.16. The minimum Gasteiger partial charge on any atom is -0.497 e. The second-order valence-corrected chi connectivity index (χ2v) is 7.75. The molecule has 2 aliphatic rings. The maximum atomic E-state index is 13.7. The van der Waals surface area contributed by atoms with Crippen LogP contribution < -0.4 is 9.47 Å². The zero-order valence-electron chi connectivity index (χ0n) is 17.8. The molecule has 0 bridgehead atoms. The molecule has 2 atom stereocenters. The van der Waals surface area contributed by atoms with Gasteiger partial charge in [0.2, 0.25) is 5.91 Å². The lowest BCUT2D eigenvalue weighted by Gasteiger charge is -2.37. The predicted molar refractivity (Wildman–Crippen MR) is 115 cm³/mol. The summed E-state index contributed by atoms with van der Waals surface area (Å²) in [4.78, 5) is 18.0. The normalized spacial score (nSPS) is 20.7. The summed E-state index contributed by atoms with van der Waals surface area (Å²) in [6.45, 7) is 3.36. The van der Waals surface area contributed by atoms with Gasteiger partial charge in [-0.2, -0.15) is 0 Å². The molecule has 1 amide bonds. The Balaban J connectivity index is 1.70. The molecule has 0 N–H and O–H groups in total. The van der Waals surface area contributed by atoms with E-state index in [1.54, 1.807) is 14.2 Å². The van der Waals surface area contributed by atoms with Crippen LogP contribution in [0, 0.1) is 0 Å². The number of ether oxygens (including phenoxy) is 3. The smallest absolute Gasteiger partial charge is 0.244 e. The van der Waals surface area contributed by atoms with Gasteiger partial charge in [-0.25, -0.2) is 0 Å². The van der Waals surface area contributed by atoms with Crippen LogP contribution in [0.25, 0.3) is 0 Å².